The van der Waals surface area contributed by atoms with Crippen molar-refractivity contribution in [3.05, 3.63) is 0 Å². The Morgan fingerprint density at radius 1 is 1.00 bits per heavy atom. The van der Waals surface area contributed by atoms with Crippen molar-refractivity contribution >= 4 is 12.2 Å². The number of rotatable bonds is 0. The van der Waals surface area contributed by atoms with Crippen LogP contribution in [0.4, 0.5) is 9.59 Å². The van der Waals surface area contributed by atoms with E-state index in [1.54, 1.807) is 0 Å². The summed E-state index contributed by atoms with van der Waals surface area (Å²) in [4.78, 5) is 17.6. The van der Waals surface area contributed by atoms with E-state index >= 15 is 0 Å². The fourth-order valence-corrected chi connectivity index (χ4v) is 0. The second-order valence-corrected chi connectivity index (χ2v) is 0.676. The maximum atomic E-state index is 8.78. The van der Waals surface area contributed by atoms with Gasteiger partial charge in [-0.3, -0.25) is 0 Å². The van der Waals surface area contributed by atoms with Crippen LogP contribution in [0.2, 0.25) is 0 Å². The zero-order valence-electron chi connectivity index (χ0n) is 4.22. The van der Waals surface area contributed by atoms with E-state index in [0.29, 0.717) is 0 Å². The summed E-state index contributed by atoms with van der Waals surface area (Å²) in [6.45, 7) is 0. The molecule has 0 rings (SSSR count). The van der Waals surface area contributed by atoms with Gasteiger partial charge in [0, 0.05) is 17.1 Å². The second kappa shape index (κ2) is 10.1. The van der Waals surface area contributed by atoms with Crippen molar-refractivity contribution in [3.8, 4) is 0 Å². The Hall–Kier alpha value is -0.941. The third-order valence-corrected chi connectivity index (χ3v) is 0. The molecule has 2 amide bonds. The average molecular weight is 178 g/mol. The Balaban J connectivity index is -0.0000000720. The molecule has 0 aliphatic rings. The van der Waals surface area contributed by atoms with Gasteiger partial charge in [0.05, 0.1) is 0 Å². The molecule has 0 aromatic carbocycles. The Kier molecular flexibility index (Phi) is 17.7. The molecular weight excluding hydrogens is 172 g/mol. The molecule has 9 heavy (non-hydrogen) atoms. The van der Waals surface area contributed by atoms with Crippen LogP contribution in [-0.2, 0) is 17.1 Å². The number of hydrogen-bond acceptors (Lipinski definition) is 2. The van der Waals surface area contributed by atoms with Crippen molar-refractivity contribution in [2.24, 2.45) is 11.5 Å². The maximum Gasteiger partial charge on any atom is 0.402 e. The predicted molar refractivity (Wildman–Crippen MR) is 24.4 cm³/mol. The van der Waals surface area contributed by atoms with Crippen LogP contribution in [0.1, 0.15) is 0 Å². The fraction of sp³-hybridized carbons (Fsp3) is 0. The molecule has 7 heteroatoms. The summed E-state index contributed by atoms with van der Waals surface area (Å²) in [6, 6.07) is 0. The van der Waals surface area contributed by atoms with Gasteiger partial charge in [-0.1, -0.05) is 0 Å². The van der Waals surface area contributed by atoms with Crippen molar-refractivity contribution in [2.45, 2.75) is 0 Å². The van der Waals surface area contributed by atoms with Gasteiger partial charge >= 0.3 is 12.2 Å². The number of nitrogens with two attached hydrogens (primary N) is 2. The van der Waals surface area contributed by atoms with Crippen molar-refractivity contribution in [3.63, 3.8) is 0 Å². The van der Waals surface area contributed by atoms with E-state index in [9.17, 15) is 0 Å². The molecule has 0 bridgehead atoms. The van der Waals surface area contributed by atoms with Crippen molar-refractivity contribution in [2.75, 3.05) is 0 Å². The van der Waals surface area contributed by atoms with Gasteiger partial charge in [-0.2, -0.15) is 0 Å². The molecule has 0 aromatic rings. The van der Waals surface area contributed by atoms with E-state index in [4.69, 9.17) is 19.8 Å². The monoisotopic (exact) mass is 178 g/mol. The van der Waals surface area contributed by atoms with Crippen molar-refractivity contribution in [1.82, 2.24) is 0 Å². The van der Waals surface area contributed by atoms with Gasteiger partial charge in [-0.25, -0.2) is 9.59 Å². The van der Waals surface area contributed by atoms with E-state index in [0.717, 1.165) is 0 Å². The summed E-state index contributed by atoms with van der Waals surface area (Å²) in [7, 11) is 0. The third kappa shape index (κ3) is 204. The number of carboxylic acid groups (broad SMARTS) is 2. The van der Waals surface area contributed by atoms with Crippen LogP contribution < -0.4 is 11.5 Å². The van der Waals surface area contributed by atoms with Crippen LogP contribution in [0.15, 0.2) is 0 Å². The van der Waals surface area contributed by atoms with E-state index < -0.39 is 12.2 Å². The minimum atomic E-state index is -1.33. The van der Waals surface area contributed by atoms with Gasteiger partial charge in [-0.05, 0) is 0 Å². The van der Waals surface area contributed by atoms with Crippen LogP contribution in [0.25, 0.3) is 0 Å². The number of amides is 2. The molecule has 0 aliphatic carbocycles. The fourth-order valence-electron chi connectivity index (χ4n) is 0. The molecule has 0 saturated carbocycles. The molecule has 0 spiro atoms. The van der Waals surface area contributed by atoms with Gasteiger partial charge in [0.1, 0.15) is 0 Å². The first-order chi connectivity index (χ1) is 3.46. The van der Waals surface area contributed by atoms with Gasteiger partial charge in [0.25, 0.3) is 0 Å². The molecule has 0 radical (unpaired) electrons. The molecule has 0 atom stereocenters. The molecule has 56 valence electrons. The summed E-state index contributed by atoms with van der Waals surface area (Å²) in [5, 5.41) is 14.4. The molecule has 0 aliphatic heterocycles. The smallest absolute Gasteiger partial charge is 0.402 e. The van der Waals surface area contributed by atoms with Gasteiger partial charge in [-0.15, -0.1) is 0 Å². The molecule has 0 fully saturated rings. The Bertz CT molecular complexity index is 74.6. The van der Waals surface area contributed by atoms with Crippen LogP contribution in [-0.4, -0.2) is 22.4 Å². The quantitative estimate of drug-likeness (QED) is 0.363. The molecule has 6 N–H and O–H groups in total. The Labute approximate surface area is 61.3 Å². The predicted octanol–water partition coefficient (Wildman–Crippen LogP) is -0.756. The van der Waals surface area contributed by atoms with E-state index in [2.05, 4.69) is 11.5 Å². The standard InChI is InChI=1S/2CH3NO2.Fe/c2*2-1(3)4;/h2*2H2,(H,3,4);. The minimum absolute atomic E-state index is 0. The number of primary amides is 2. The van der Waals surface area contributed by atoms with Crippen LogP contribution in [0.3, 0.4) is 0 Å². The van der Waals surface area contributed by atoms with Crippen molar-refractivity contribution < 1.29 is 36.9 Å². The third-order valence-electron chi connectivity index (χ3n) is 0. The van der Waals surface area contributed by atoms with E-state index in [1.165, 1.54) is 0 Å². The molecule has 0 heterocycles. The topological polar surface area (TPSA) is 127 Å². The minimum Gasteiger partial charge on any atom is -0.465 e. The number of carbonyl (C=O) groups is 2. The Morgan fingerprint density at radius 3 is 1.00 bits per heavy atom. The summed E-state index contributed by atoms with van der Waals surface area (Å²) >= 11 is 0. The molecule has 0 unspecified atom stereocenters. The SMILES string of the molecule is NC(=O)O.NC(=O)O.[Fe]. The molecule has 0 saturated heterocycles. The zero-order chi connectivity index (χ0) is 7.15. The average Bonchev–Trinajstić information content (AvgIpc) is 1.25. The van der Waals surface area contributed by atoms with E-state index in [1.807, 2.05) is 0 Å². The largest absolute Gasteiger partial charge is 0.465 e. The van der Waals surface area contributed by atoms with Crippen LogP contribution in [0, 0.1) is 0 Å². The first-order valence-electron chi connectivity index (χ1n) is 1.43. The number of hydrogen-bond donors (Lipinski definition) is 4. The first kappa shape index (κ1) is 15.7. The van der Waals surface area contributed by atoms with Crippen LogP contribution >= 0.6 is 0 Å². The van der Waals surface area contributed by atoms with Gasteiger partial charge in [0.2, 0.25) is 0 Å². The maximum absolute atomic E-state index is 8.78. The summed E-state index contributed by atoms with van der Waals surface area (Å²) in [6.07, 6.45) is -2.67. The molecule has 6 nitrogen and oxygen atoms in total. The Morgan fingerprint density at radius 2 is 1.00 bits per heavy atom. The normalized spacial score (nSPS) is 5.33. The second-order valence-electron chi connectivity index (χ2n) is 0.676. The van der Waals surface area contributed by atoms with Gasteiger partial charge in [0.15, 0.2) is 0 Å². The van der Waals surface area contributed by atoms with Gasteiger partial charge < -0.3 is 21.7 Å². The first-order valence-corrected chi connectivity index (χ1v) is 1.43. The molecule has 0 aromatic heterocycles. The van der Waals surface area contributed by atoms with Crippen LogP contribution in [0.5, 0.6) is 0 Å². The van der Waals surface area contributed by atoms with Crippen molar-refractivity contribution in [1.29, 1.82) is 0 Å². The van der Waals surface area contributed by atoms with E-state index in [-0.39, 0.29) is 17.1 Å². The summed E-state index contributed by atoms with van der Waals surface area (Å²) in [5.74, 6) is 0. The summed E-state index contributed by atoms with van der Waals surface area (Å²) in [5.41, 5.74) is 8.06. The molecular formula is C2H6FeN2O4. The summed E-state index contributed by atoms with van der Waals surface area (Å²) < 4.78 is 0. The zero-order valence-corrected chi connectivity index (χ0v) is 5.32.